The number of ether oxygens (including phenoxy) is 1. The van der Waals surface area contributed by atoms with Gasteiger partial charge in [-0.25, -0.2) is 9.78 Å². The van der Waals surface area contributed by atoms with E-state index < -0.39 is 5.97 Å². The zero-order valence-electron chi connectivity index (χ0n) is 13.7. The maximum absolute atomic E-state index is 12.4. The van der Waals surface area contributed by atoms with Crippen LogP contribution >= 0.6 is 11.3 Å². The minimum atomic E-state index is -0.440. The number of thiophene rings is 1. The SMILES string of the molecule is CC(C)OC(=O)c1sc2nc3c(cc2c1N)C(=O)CC(C)(C)C3. The van der Waals surface area contributed by atoms with Crippen molar-refractivity contribution < 1.29 is 14.3 Å². The Labute approximate surface area is 138 Å². The summed E-state index contributed by atoms with van der Waals surface area (Å²) in [5, 5.41) is 0.664. The molecule has 0 bridgehead atoms. The van der Waals surface area contributed by atoms with Crippen molar-refractivity contribution in [3.63, 3.8) is 0 Å². The number of Topliss-reactive ketones (excluding diaryl/α,β-unsaturated/α-hetero) is 1. The molecule has 1 aliphatic carbocycles. The van der Waals surface area contributed by atoms with E-state index in [1.165, 1.54) is 11.3 Å². The van der Waals surface area contributed by atoms with Crippen molar-refractivity contribution in [3.05, 3.63) is 22.2 Å². The topological polar surface area (TPSA) is 82.3 Å². The normalized spacial score (nSPS) is 16.7. The van der Waals surface area contributed by atoms with Crippen LogP contribution in [0.25, 0.3) is 10.2 Å². The summed E-state index contributed by atoms with van der Waals surface area (Å²) in [6.45, 7) is 7.71. The molecule has 0 fully saturated rings. The highest BCUT2D eigenvalue weighted by atomic mass is 32.1. The van der Waals surface area contributed by atoms with Crippen LogP contribution in [0.4, 0.5) is 5.69 Å². The lowest BCUT2D eigenvalue weighted by atomic mass is 9.75. The minimum absolute atomic E-state index is 0.0857. The number of anilines is 1. The van der Waals surface area contributed by atoms with Crippen molar-refractivity contribution >= 4 is 39.0 Å². The summed E-state index contributed by atoms with van der Waals surface area (Å²) in [4.78, 5) is 30.2. The number of fused-ring (bicyclic) bond motifs is 2. The van der Waals surface area contributed by atoms with E-state index >= 15 is 0 Å². The standard InChI is InChI=1S/C17H20N2O3S/c1-8(2)22-16(21)14-13(18)10-5-9-11(19-15(10)23-14)6-17(3,4)7-12(9)20/h5,8H,6-7,18H2,1-4H3. The minimum Gasteiger partial charge on any atom is -0.459 e. The molecule has 2 aromatic heterocycles. The molecule has 5 nitrogen and oxygen atoms in total. The maximum Gasteiger partial charge on any atom is 0.350 e. The molecule has 0 unspecified atom stereocenters. The Kier molecular flexibility index (Phi) is 3.67. The molecule has 2 N–H and O–H groups in total. The molecule has 23 heavy (non-hydrogen) atoms. The second kappa shape index (κ2) is 5.30. The predicted octanol–water partition coefficient (Wildman–Crippen LogP) is 3.60. The highest BCUT2D eigenvalue weighted by Gasteiger charge is 2.33. The monoisotopic (exact) mass is 332 g/mol. The first kappa shape index (κ1) is 15.9. The van der Waals surface area contributed by atoms with Gasteiger partial charge in [0.15, 0.2) is 5.78 Å². The molecular formula is C17H20N2O3S. The lowest BCUT2D eigenvalue weighted by molar-refractivity contribution is 0.0385. The number of nitrogens with two attached hydrogens (primary N) is 1. The molecule has 1 aliphatic rings. The molecule has 0 saturated heterocycles. The van der Waals surface area contributed by atoms with Crippen LogP contribution in [0.5, 0.6) is 0 Å². The van der Waals surface area contributed by atoms with E-state index in [2.05, 4.69) is 18.8 Å². The summed E-state index contributed by atoms with van der Waals surface area (Å²) in [5.74, 6) is -0.354. The number of carbonyl (C=O) groups is 2. The maximum atomic E-state index is 12.4. The number of nitrogens with zero attached hydrogens (tertiary/aromatic N) is 1. The van der Waals surface area contributed by atoms with E-state index in [0.717, 1.165) is 12.1 Å². The number of pyridine rings is 1. The van der Waals surface area contributed by atoms with E-state index in [9.17, 15) is 9.59 Å². The average Bonchev–Trinajstić information content (AvgIpc) is 2.72. The quantitative estimate of drug-likeness (QED) is 0.850. The van der Waals surface area contributed by atoms with Crippen LogP contribution in [-0.4, -0.2) is 22.8 Å². The van der Waals surface area contributed by atoms with Crippen LogP contribution in [0.2, 0.25) is 0 Å². The summed E-state index contributed by atoms with van der Waals surface area (Å²) in [7, 11) is 0. The van der Waals surface area contributed by atoms with Gasteiger partial charge in [0, 0.05) is 17.4 Å². The Morgan fingerprint density at radius 2 is 2.09 bits per heavy atom. The number of esters is 1. The molecule has 3 rings (SSSR count). The third-order valence-electron chi connectivity index (χ3n) is 3.91. The summed E-state index contributed by atoms with van der Waals surface area (Å²) < 4.78 is 5.22. The van der Waals surface area contributed by atoms with Gasteiger partial charge in [-0.15, -0.1) is 11.3 Å². The number of nitrogen functional groups attached to an aromatic ring is 1. The number of ketones is 1. The summed E-state index contributed by atoms with van der Waals surface area (Å²) in [6.07, 6.45) is 1.03. The Balaban J connectivity index is 2.12. The van der Waals surface area contributed by atoms with Gasteiger partial charge in [0.25, 0.3) is 0 Å². The molecule has 0 aliphatic heterocycles. The average molecular weight is 332 g/mol. The van der Waals surface area contributed by atoms with Gasteiger partial charge in [0.2, 0.25) is 0 Å². The number of hydrogen-bond acceptors (Lipinski definition) is 6. The first-order chi connectivity index (χ1) is 10.7. The van der Waals surface area contributed by atoms with Crippen molar-refractivity contribution in [2.75, 3.05) is 5.73 Å². The van der Waals surface area contributed by atoms with Crippen molar-refractivity contribution in [1.82, 2.24) is 4.98 Å². The smallest absolute Gasteiger partial charge is 0.350 e. The van der Waals surface area contributed by atoms with Crippen molar-refractivity contribution in [3.8, 4) is 0 Å². The summed E-state index contributed by atoms with van der Waals surface area (Å²) in [5.41, 5.74) is 7.79. The molecule has 0 atom stereocenters. The largest absolute Gasteiger partial charge is 0.459 e. The van der Waals surface area contributed by atoms with Crippen molar-refractivity contribution in [2.45, 2.75) is 46.6 Å². The van der Waals surface area contributed by atoms with Gasteiger partial charge in [-0.1, -0.05) is 13.8 Å². The Bertz CT molecular complexity index is 821. The fourth-order valence-electron chi connectivity index (χ4n) is 2.92. The summed E-state index contributed by atoms with van der Waals surface area (Å²) in [6, 6.07) is 1.78. The van der Waals surface area contributed by atoms with Gasteiger partial charge in [-0.3, -0.25) is 4.79 Å². The highest BCUT2D eigenvalue weighted by Crippen LogP contribution is 2.39. The van der Waals surface area contributed by atoms with Crippen molar-refractivity contribution in [2.24, 2.45) is 5.41 Å². The lowest BCUT2D eigenvalue weighted by Crippen LogP contribution is -2.27. The predicted molar refractivity (Wildman–Crippen MR) is 91.0 cm³/mol. The van der Waals surface area contributed by atoms with Gasteiger partial charge < -0.3 is 10.5 Å². The second-order valence-corrected chi connectivity index (χ2v) is 8.07. The molecule has 0 radical (unpaired) electrons. The molecule has 6 heteroatoms. The lowest BCUT2D eigenvalue weighted by Gasteiger charge is -2.29. The fourth-order valence-corrected chi connectivity index (χ4v) is 3.90. The van der Waals surface area contributed by atoms with Crippen LogP contribution in [0, 0.1) is 5.41 Å². The molecule has 0 saturated carbocycles. The molecule has 122 valence electrons. The van der Waals surface area contributed by atoms with Crippen molar-refractivity contribution in [1.29, 1.82) is 0 Å². The number of aromatic nitrogens is 1. The Morgan fingerprint density at radius 3 is 2.74 bits per heavy atom. The van der Waals surface area contributed by atoms with E-state index in [0.29, 0.717) is 32.8 Å². The fraction of sp³-hybridized carbons (Fsp3) is 0.471. The first-order valence-electron chi connectivity index (χ1n) is 7.64. The molecule has 0 spiro atoms. The number of carbonyl (C=O) groups excluding carboxylic acids is 2. The van der Waals surface area contributed by atoms with Gasteiger partial charge >= 0.3 is 5.97 Å². The number of rotatable bonds is 2. The van der Waals surface area contributed by atoms with Crippen LogP contribution in [0.1, 0.15) is 59.8 Å². The van der Waals surface area contributed by atoms with E-state index in [1.807, 2.05) is 0 Å². The van der Waals surface area contributed by atoms with Crippen LogP contribution < -0.4 is 5.73 Å². The van der Waals surface area contributed by atoms with Gasteiger partial charge in [-0.05, 0) is 31.7 Å². The molecule has 0 aromatic carbocycles. The Morgan fingerprint density at radius 1 is 1.39 bits per heavy atom. The van der Waals surface area contributed by atoms with Crippen LogP contribution in [0.15, 0.2) is 6.07 Å². The van der Waals surface area contributed by atoms with Crippen LogP contribution in [0.3, 0.4) is 0 Å². The first-order valence-corrected chi connectivity index (χ1v) is 8.45. The molecule has 0 amide bonds. The van der Waals surface area contributed by atoms with Gasteiger partial charge in [0.05, 0.1) is 17.5 Å². The van der Waals surface area contributed by atoms with E-state index in [4.69, 9.17) is 10.5 Å². The molecule has 2 heterocycles. The molecule has 2 aromatic rings. The van der Waals surface area contributed by atoms with E-state index in [1.54, 1.807) is 19.9 Å². The second-order valence-electron chi connectivity index (χ2n) is 7.08. The van der Waals surface area contributed by atoms with E-state index in [-0.39, 0.29) is 17.3 Å². The number of hydrogen-bond donors (Lipinski definition) is 1. The zero-order valence-corrected chi connectivity index (χ0v) is 14.5. The third-order valence-corrected chi connectivity index (χ3v) is 5.01. The van der Waals surface area contributed by atoms with Crippen LogP contribution in [-0.2, 0) is 11.2 Å². The van der Waals surface area contributed by atoms with Gasteiger partial charge in [0.1, 0.15) is 9.71 Å². The highest BCUT2D eigenvalue weighted by molar-refractivity contribution is 7.21. The summed E-state index contributed by atoms with van der Waals surface area (Å²) >= 11 is 1.23. The third kappa shape index (κ3) is 2.83. The molecular weight excluding hydrogens is 312 g/mol. The Hall–Kier alpha value is -1.95. The van der Waals surface area contributed by atoms with Gasteiger partial charge in [-0.2, -0.15) is 0 Å². The zero-order chi connectivity index (χ0) is 16.9.